The van der Waals surface area contributed by atoms with Gasteiger partial charge in [-0.05, 0) is 44.0 Å². The Morgan fingerprint density at radius 1 is 1.38 bits per heavy atom. The maximum Gasteiger partial charge on any atom is 0.405 e. The van der Waals surface area contributed by atoms with Gasteiger partial charge in [-0.3, -0.25) is 0 Å². The van der Waals surface area contributed by atoms with E-state index in [1.807, 2.05) is 26.0 Å². The number of benzene rings is 1. The Morgan fingerprint density at radius 2 is 2.05 bits per heavy atom. The van der Waals surface area contributed by atoms with Gasteiger partial charge in [-0.15, -0.1) is 0 Å². The largest absolute Gasteiger partial charge is 0.405 e. The van der Waals surface area contributed by atoms with E-state index in [-0.39, 0.29) is 12.1 Å². The van der Waals surface area contributed by atoms with E-state index in [4.69, 9.17) is 0 Å². The van der Waals surface area contributed by atoms with Gasteiger partial charge in [0.05, 0.1) is 0 Å². The molecule has 0 saturated heterocycles. The molecular weight excluding hydrogens is 345 g/mol. The summed E-state index contributed by atoms with van der Waals surface area (Å²) in [4.78, 5) is 1.51. The predicted octanol–water partition coefficient (Wildman–Crippen LogP) is 4.65. The van der Waals surface area contributed by atoms with E-state index >= 15 is 0 Å². The average molecular weight is 365 g/mol. The quantitative estimate of drug-likeness (QED) is 0.790. The van der Waals surface area contributed by atoms with Crippen molar-refractivity contribution in [3.05, 3.63) is 28.2 Å². The number of hydrogen-bond acceptors (Lipinski definition) is 2. The van der Waals surface area contributed by atoms with Crippen molar-refractivity contribution in [2.75, 3.05) is 18.0 Å². The normalized spacial score (nSPS) is 16.9. The lowest BCUT2D eigenvalue weighted by Crippen LogP contribution is -2.37. The summed E-state index contributed by atoms with van der Waals surface area (Å²) in [6, 6.07) is 5.61. The van der Waals surface area contributed by atoms with Gasteiger partial charge in [0.1, 0.15) is 6.54 Å². The van der Waals surface area contributed by atoms with Gasteiger partial charge in [0.15, 0.2) is 0 Å². The summed E-state index contributed by atoms with van der Waals surface area (Å²) < 4.78 is 39.5. The first-order valence-electron chi connectivity index (χ1n) is 7.18. The fourth-order valence-electron chi connectivity index (χ4n) is 2.54. The van der Waals surface area contributed by atoms with Crippen LogP contribution in [0.1, 0.15) is 38.3 Å². The van der Waals surface area contributed by atoms with Gasteiger partial charge < -0.3 is 10.2 Å². The second-order valence-electron chi connectivity index (χ2n) is 5.46. The molecule has 0 aromatic heterocycles. The van der Waals surface area contributed by atoms with E-state index in [9.17, 15) is 13.2 Å². The monoisotopic (exact) mass is 364 g/mol. The molecule has 1 aliphatic carbocycles. The molecule has 2 rings (SSSR count). The van der Waals surface area contributed by atoms with Gasteiger partial charge in [0, 0.05) is 22.2 Å². The van der Waals surface area contributed by atoms with E-state index in [0.717, 1.165) is 29.4 Å². The summed E-state index contributed by atoms with van der Waals surface area (Å²) >= 11 is 3.37. The average Bonchev–Trinajstić information content (AvgIpc) is 3.19. The summed E-state index contributed by atoms with van der Waals surface area (Å²) in [6.07, 6.45) is -2.53. The molecule has 1 unspecified atom stereocenters. The molecule has 0 heterocycles. The van der Waals surface area contributed by atoms with Crippen molar-refractivity contribution >= 4 is 21.6 Å². The standard InChI is InChI=1S/C15H20BrF3N2/c1-3-20-10(2)13-7-4-11(16)8-14(13)21(12-5-6-12)9-15(17,18)19/h4,7-8,10,12,20H,3,5-6,9H2,1-2H3. The predicted molar refractivity (Wildman–Crippen MR) is 82.7 cm³/mol. The fourth-order valence-corrected chi connectivity index (χ4v) is 2.89. The molecule has 0 amide bonds. The molecular formula is C15H20BrF3N2. The highest BCUT2D eigenvalue weighted by Gasteiger charge is 2.39. The number of nitrogens with zero attached hydrogens (tertiary/aromatic N) is 1. The zero-order valence-corrected chi connectivity index (χ0v) is 13.8. The van der Waals surface area contributed by atoms with Gasteiger partial charge in [-0.2, -0.15) is 13.2 Å². The SMILES string of the molecule is CCNC(C)c1ccc(Br)cc1N(CC(F)(F)F)C1CC1. The number of nitrogens with one attached hydrogen (secondary N) is 1. The molecule has 118 valence electrons. The lowest BCUT2D eigenvalue weighted by Gasteiger charge is -2.30. The van der Waals surface area contributed by atoms with Crippen molar-refractivity contribution in [3.63, 3.8) is 0 Å². The van der Waals surface area contributed by atoms with E-state index in [2.05, 4.69) is 21.2 Å². The summed E-state index contributed by atoms with van der Waals surface area (Å²) in [5, 5.41) is 3.28. The van der Waals surface area contributed by atoms with E-state index in [0.29, 0.717) is 5.69 Å². The minimum atomic E-state index is -4.19. The third-order valence-electron chi connectivity index (χ3n) is 3.62. The van der Waals surface area contributed by atoms with Crippen LogP contribution in [0.2, 0.25) is 0 Å². The van der Waals surface area contributed by atoms with Crippen LogP contribution in [0.3, 0.4) is 0 Å². The molecule has 0 bridgehead atoms. The van der Waals surface area contributed by atoms with Crippen molar-refractivity contribution in [1.82, 2.24) is 5.32 Å². The molecule has 0 spiro atoms. The van der Waals surface area contributed by atoms with Gasteiger partial charge in [-0.1, -0.05) is 28.9 Å². The first-order valence-corrected chi connectivity index (χ1v) is 7.97. The van der Waals surface area contributed by atoms with Gasteiger partial charge in [0.2, 0.25) is 0 Å². The molecule has 1 N–H and O–H groups in total. The van der Waals surface area contributed by atoms with Crippen LogP contribution in [-0.2, 0) is 0 Å². The topological polar surface area (TPSA) is 15.3 Å². The zero-order chi connectivity index (χ0) is 15.6. The molecule has 1 atom stereocenters. The van der Waals surface area contributed by atoms with Crippen LogP contribution in [0, 0.1) is 0 Å². The van der Waals surface area contributed by atoms with Crippen LogP contribution in [0.5, 0.6) is 0 Å². The maximum absolute atomic E-state index is 12.9. The molecule has 21 heavy (non-hydrogen) atoms. The fraction of sp³-hybridized carbons (Fsp3) is 0.600. The molecule has 0 aliphatic heterocycles. The third kappa shape index (κ3) is 4.61. The molecule has 0 radical (unpaired) electrons. The smallest absolute Gasteiger partial charge is 0.359 e. The summed E-state index contributed by atoms with van der Waals surface area (Å²) in [5.74, 6) is 0. The molecule has 1 aromatic carbocycles. The van der Waals surface area contributed by atoms with E-state index in [1.165, 1.54) is 4.90 Å². The van der Waals surface area contributed by atoms with E-state index < -0.39 is 12.7 Å². The van der Waals surface area contributed by atoms with Crippen molar-refractivity contribution in [3.8, 4) is 0 Å². The number of anilines is 1. The van der Waals surface area contributed by atoms with Crippen molar-refractivity contribution < 1.29 is 13.2 Å². The minimum absolute atomic E-state index is 0.00787. The number of alkyl halides is 3. The molecule has 1 aliphatic rings. The minimum Gasteiger partial charge on any atom is -0.359 e. The van der Waals surface area contributed by atoms with Gasteiger partial charge in [-0.25, -0.2) is 0 Å². The number of rotatable bonds is 6. The Labute approximate surface area is 131 Å². The van der Waals surface area contributed by atoms with Crippen LogP contribution in [0.4, 0.5) is 18.9 Å². The van der Waals surface area contributed by atoms with Gasteiger partial charge in [0.25, 0.3) is 0 Å². The second-order valence-corrected chi connectivity index (χ2v) is 6.37. The molecule has 6 heteroatoms. The number of hydrogen-bond donors (Lipinski definition) is 1. The second kappa shape index (κ2) is 6.57. The lowest BCUT2D eigenvalue weighted by atomic mass is 10.0. The Balaban J connectivity index is 2.36. The Kier molecular flexibility index (Phi) is 5.20. The Hall–Kier alpha value is -0.750. The summed E-state index contributed by atoms with van der Waals surface area (Å²) in [7, 11) is 0. The highest BCUT2D eigenvalue weighted by molar-refractivity contribution is 9.10. The molecule has 2 nitrogen and oxygen atoms in total. The third-order valence-corrected chi connectivity index (χ3v) is 4.11. The highest BCUT2D eigenvalue weighted by atomic mass is 79.9. The molecule has 1 saturated carbocycles. The zero-order valence-electron chi connectivity index (χ0n) is 12.2. The van der Waals surface area contributed by atoms with Crippen LogP contribution >= 0.6 is 15.9 Å². The van der Waals surface area contributed by atoms with E-state index in [1.54, 1.807) is 6.07 Å². The molecule has 1 aromatic rings. The summed E-state index contributed by atoms with van der Waals surface area (Å²) in [5.41, 5.74) is 1.59. The molecule has 1 fully saturated rings. The van der Waals surface area contributed by atoms with Crippen LogP contribution in [0.25, 0.3) is 0 Å². The van der Waals surface area contributed by atoms with Crippen LogP contribution in [-0.4, -0.2) is 25.3 Å². The Morgan fingerprint density at radius 3 is 2.57 bits per heavy atom. The van der Waals surface area contributed by atoms with Crippen molar-refractivity contribution in [1.29, 1.82) is 0 Å². The number of halogens is 4. The maximum atomic E-state index is 12.9. The highest BCUT2D eigenvalue weighted by Crippen LogP contribution is 2.39. The first-order chi connectivity index (χ1) is 9.81. The van der Waals surface area contributed by atoms with Crippen LogP contribution < -0.4 is 10.2 Å². The van der Waals surface area contributed by atoms with Gasteiger partial charge >= 0.3 is 6.18 Å². The Bertz CT molecular complexity index is 486. The van der Waals surface area contributed by atoms with Crippen LogP contribution in [0.15, 0.2) is 22.7 Å². The van der Waals surface area contributed by atoms with Crippen molar-refractivity contribution in [2.24, 2.45) is 0 Å². The lowest BCUT2D eigenvalue weighted by molar-refractivity contribution is -0.120. The summed E-state index contributed by atoms with van der Waals surface area (Å²) in [6.45, 7) is 3.86. The first kappa shape index (κ1) is 16.6. The van der Waals surface area contributed by atoms with Crippen molar-refractivity contribution in [2.45, 2.75) is 44.9 Å².